The maximum atomic E-state index is 13.1. The number of hydrogen-bond donors (Lipinski definition) is 1. The minimum Gasteiger partial charge on any atom is -0.489 e. The largest absolute Gasteiger partial charge is 0.489 e. The standard InChI is InChI=1S/C14H13BrFNO/c1-9-13(17)3-2-4-14(9)18-8-10-7-11(16)5-6-12(10)15/h2-7H,8,17H2,1H3. The average molecular weight is 310 g/mol. The van der Waals surface area contributed by atoms with Gasteiger partial charge in [-0.2, -0.15) is 0 Å². The van der Waals surface area contributed by atoms with Crippen LogP contribution in [-0.4, -0.2) is 0 Å². The summed E-state index contributed by atoms with van der Waals surface area (Å²) in [5.74, 6) is 0.437. The lowest BCUT2D eigenvalue weighted by Gasteiger charge is -2.11. The molecule has 0 heterocycles. The molecule has 0 fully saturated rings. The maximum Gasteiger partial charge on any atom is 0.124 e. The number of rotatable bonds is 3. The summed E-state index contributed by atoms with van der Waals surface area (Å²) >= 11 is 3.37. The van der Waals surface area contributed by atoms with Crippen molar-refractivity contribution in [1.82, 2.24) is 0 Å². The van der Waals surface area contributed by atoms with E-state index in [1.165, 1.54) is 12.1 Å². The first-order valence-electron chi connectivity index (χ1n) is 5.50. The highest BCUT2D eigenvalue weighted by Gasteiger charge is 2.06. The molecule has 2 N–H and O–H groups in total. The molecule has 2 aromatic carbocycles. The fourth-order valence-corrected chi connectivity index (χ4v) is 1.96. The van der Waals surface area contributed by atoms with Crippen molar-refractivity contribution in [2.45, 2.75) is 13.5 Å². The summed E-state index contributed by atoms with van der Waals surface area (Å²) in [7, 11) is 0. The van der Waals surface area contributed by atoms with Crippen molar-refractivity contribution in [3.63, 3.8) is 0 Å². The fraction of sp³-hybridized carbons (Fsp3) is 0.143. The zero-order chi connectivity index (χ0) is 13.1. The Labute approximate surface area is 114 Å². The Bertz CT molecular complexity index is 570. The molecular weight excluding hydrogens is 297 g/mol. The van der Waals surface area contributed by atoms with E-state index in [2.05, 4.69) is 15.9 Å². The summed E-state index contributed by atoms with van der Waals surface area (Å²) in [6.45, 7) is 2.19. The van der Waals surface area contributed by atoms with Crippen LogP contribution in [0.25, 0.3) is 0 Å². The molecule has 0 aliphatic carbocycles. The predicted molar refractivity (Wildman–Crippen MR) is 74.0 cm³/mol. The highest BCUT2D eigenvalue weighted by atomic mass is 79.9. The normalized spacial score (nSPS) is 10.4. The van der Waals surface area contributed by atoms with Gasteiger partial charge in [-0.3, -0.25) is 0 Å². The van der Waals surface area contributed by atoms with E-state index in [4.69, 9.17) is 10.5 Å². The lowest BCUT2D eigenvalue weighted by molar-refractivity contribution is 0.303. The van der Waals surface area contributed by atoms with Gasteiger partial charge >= 0.3 is 0 Å². The molecule has 0 bridgehead atoms. The number of hydrogen-bond acceptors (Lipinski definition) is 2. The van der Waals surface area contributed by atoms with Crippen LogP contribution in [0.3, 0.4) is 0 Å². The minimum atomic E-state index is -0.277. The second-order valence-electron chi connectivity index (χ2n) is 3.99. The monoisotopic (exact) mass is 309 g/mol. The van der Waals surface area contributed by atoms with Crippen molar-refractivity contribution in [1.29, 1.82) is 0 Å². The number of anilines is 1. The molecule has 94 valence electrons. The molecule has 0 unspecified atom stereocenters. The molecule has 0 spiro atoms. The van der Waals surface area contributed by atoms with Gasteiger partial charge in [0.05, 0.1) is 0 Å². The topological polar surface area (TPSA) is 35.2 Å². The lowest BCUT2D eigenvalue weighted by Crippen LogP contribution is -2.00. The third-order valence-corrected chi connectivity index (χ3v) is 3.49. The minimum absolute atomic E-state index is 0.277. The van der Waals surface area contributed by atoms with Crippen LogP contribution in [0.5, 0.6) is 5.75 Å². The van der Waals surface area contributed by atoms with Crippen LogP contribution in [0, 0.1) is 12.7 Å². The molecule has 2 aromatic rings. The van der Waals surface area contributed by atoms with Crippen LogP contribution < -0.4 is 10.5 Å². The SMILES string of the molecule is Cc1c(N)cccc1OCc1cc(F)ccc1Br. The summed E-state index contributed by atoms with van der Waals surface area (Å²) in [5, 5.41) is 0. The van der Waals surface area contributed by atoms with E-state index in [1.54, 1.807) is 6.07 Å². The average Bonchev–Trinajstić information content (AvgIpc) is 2.35. The van der Waals surface area contributed by atoms with Gasteiger partial charge in [-0.25, -0.2) is 4.39 Å². The summed E-state index contributed by atoms with van der Waals surface area (Å²) < 4.78 is 19.6. The Balaban J connectivity index is 2.16. The Kier molecular flexibility index (Phi) is 3.87. The van der Waals surface area contributed by atoms with Gasteiger partial charge in [0.25, 0.3) is 0 Å². The van der Waals surface area contributed by atoms with Gasteiger partial charge in [0.1, 0.15) is 18.2 Å². The molecule has 0 saturated carbocycles. The first-order valence-corrected chi connectivity index (χ1v) is 6.29. The molecule has 0 aromatic heterocycles. The van der Waals surface area contributed by atoms with Crippen LogP contribution in [0.15, 0.2) is 40.9 Å². The number of nitrogens with two attached hydrogens (primary N) is 1. The first-order chi connectivity index (χ1) is 8.58. The summed E-state index contributed by atoms with van der Waals surface area (Å²) in [6, 6.07) is 10.0. The van der Waals surface area contributed by atoms with Crippen molar-refractivity contribution in [2.75, 3.05) is 5.73 Å². The maximum absolute atomic E-state index is 13.1. The molecule has 0 saturated heterocycles. The van der Waals surface area contributed by atoms with E-state index in [-0.39, 0.29) is 5.82 Å². The van der Waals surface area contributed by atoms with Gasteiger partial charge in [0.2, 0.25) is 0 Å². The van der Waals surface area contributed by atoms with Gasteiger partial charge < -0.3 is 10.5 Å². The summed E-state index contributed by atoms with van der Waals surface area (Å²) in [4.78, 5) is 0. The lowest BCUT2D eigenvalue weighted by atomic mass is 10.2. The predicted octanol–water partition coefficient (Wildman–Crippen LogP) is 4.06. The van der Waals surface area contributed by atoms with E-state index in [0.717, 1.165) is 15.6 Å². The molecule has 4 heteroatoms. The molecule has 18 heavy (non-hydrogen) atoms. The zero-order valence-electron chi connectivity index (χ0n) is 9.91. The van der Waals surface area contributed by atoms with Crippen LogP contribution in [-0.2, 0) is 6.61 Å². The number of nitrogen functional groups attached to an aromatic ring is 1. The van der Waals surface area contributed by atoms with Gasteiger partial charge in [-0.1, -0.05) is 22.0 Å². The number of ether oxygens (including phenoxy) is 1. The third kappa shape index (κ3) is 2.82. The first kappa shape index (κ1) is 12.9. The van der Waals surface area contributed by atoms with Crippen LogP contribution >= 0.6 is 15.9 Å². The Morgan fingerprint density at radius 3 is 2.83 bits per heavy atom. The molecule has 2 rings (SSSR count). The molecule has 0 radical (unpaired) electrons. The van der Waals surface area contributed by atoms with E-state index < -0.39 is 0 Å². The number of halogens is 2. The molecular formula is C14H13BrFNO. The molecule has 0 aliphatic heterocycles. The second kappa shape index (κ2) is 5.40. The highest BCUT2D eigenvalue weighted by Crippen LogP contribution is 2.25. The summed E-state index contributed by atoms with van der Waals surface area (Å²) in [5.41, 5.74) is 8.13. The molecule has 0 aliphatic rings. The Hall–Kier alpha value is -1.55. The van der Waals surface area contributed by atoms with Crippen molar-refractivity contribution < 1.29 is 9.13 Å². The van der Waals surface area contributed by atoms with Gasteiger partial charge in [-0.05, 0) is 37.3 Å². The van der Waals surface area contributed by atoms with Crippen molar-refractivity contribution in [3.8, 4) is 5.75 Å². The third-order valence-electron chi connectivity index (χ3n) is 2.72. The van der Waals surface area contributed by atoms with Crippen molar-refractivity contribution >= 4 is 21.6 Å². The number of benzene rings is 2. The van der Waals surface area contributed by atoms with E-state index >= 15 is 0 Å². The van der Waals surface area contributed by atoms with E-state index in [1.807, 2.05) is 25.1 Å². The Morgan fingerprint density at radius 2 is 2.06 bits per heavy atom. The molecule has 0 amide bonds. The van der Waals surface area contributed by atoms with Crippen LogP contribution in [0.2, 0.25) is 0 Å². The van der Waals surface area contributed by atoms with Gasteiger partial charge in [0.15, 0.2) is 0 Å². The van der Waals surface area contributed by atoms with E-state index in [0.29, 0.717) is 18.0 Å². The van der Waals surface area contributed by atoms with Crippen molar-refractivity contribution in [3.05, 3.63) is 57.8 Å². The zero-order valence-corrected chi connectivity index (χ0v) is 11.5. The van der Waals surface area contributed by atoms with Gasteiger partial charge in [-0.15, -0.1) is 0 Å². The smallest absolute Gasteiger partial charge is 0.124 e. The quantitative estimate of drug-likeness (QED) is 0.868. The van der Waals surface area contributed by atoms with E-state index in [9.17, 15) is 4.39 Å². The van der Waals surface area contributed by atoms with Crippen LogP contribution in [0.1, 0.15) is 11.1 Å². The fourth-order valence-electron chi connectivity index (χ4n) is 1.60. The second-order valence-corrected chi connectivity index (χ2v) is 4.85. The summed E-state index contributed by atoms with van der Waals surface area (Å²) in [6.07, 6.45) is 0. The Morgan fingerprint density at radius 1 is 1.28 bits per heavy atom. The molecule has 2 nitrogen and oxygen atoms in total. The van der Waals surface area contributed by atoms with Crippen LogP contribution in [0.4, 0.5) is 10.1 Å². The van der Waals surface area contributed by atoms with Gasteiger partial charge in [0, 0.05) is 21.3 Å². The highest BCUT2D eigenvalue weighted by molar-refractivity contribution is 9.10. The molecule has 0 atom stereocenters. The van der Waals surface area contributed by atoms with Crippen molar-refractivity contribution in [2.24, 2.45) is 0 Å².